The highest BCUT2D eigenvalue weighted by Gasteiger charge is 2.31. The summed E-state index contributed by atoms with van der Waals surface area (Å²) >= 11 is 1.14. The Bertz CT molecular complexity index is 1050. The van der Waals surface area contributed by atoms with Crippen molar-refractivity contribution < 1.29 is 22.7 Å². The summed E-state index contributed by atoms with van der Waals surface area (Å²) in [5.74, 6) is -0.369. The average molecular weight is 450 g/mol. The van der Waals surface area contributed by atoms with Gasteiger partial charge in [0.2, 0.25) is 5.91 Å². The topological polar surface area (TPSA) is 69.0 Å². The van der Waals surface area contributed by atoms with Gasteiger partial charge in [0.05, 0.1) is 29.3 Å². The minimum absolute atomic E-state index is 0.0277. The van der Waals surface area contributed by atoms with E-state index < -0.39 is 17.6 Å². The van der Waals surface area contributed by atoms with Gasteiger partial charge in [0.25, 0.3) is 0 Å². The Hall–Kier alpha value is -3.01. The fourth-order valence-corrected chi connectivity index (χ4v) is 3.66. The number of aryl methyl sites for hydroxylation is 1. The van der Waals surface area contributed by atoms with E-state index in [9.17, 15) is 18.0 Å². The van der Waals surface area contributed by atoms with Gasteiger partial charge in [-0.1, -0.05) is 36.9 Å². The molecule has 0 atom stereocenters. The molecule has 0 aliphatic heterocycles. The van der Waals surface area contributed by atoms with E-state index in [1.807, 2.05) is 31.2 Å². The first kappa shape index (κ1) is 22.7. The number of rotatable bonds is 8. The van der Waals surface area contributed by atoms with Crippen LogP contribution in [0, 0.1) is 0 Å². The van der Waals surface area contributed by atoms with E-state index in [1.54, 1.807) is 17.8 Å². The SMILES string of the molecule is CCOc1ccc(C(F)(F)F)cc1NC(=O)CSc1nncn1-c1ccccc1CC. The van der Waals surface area contributed by atoms with Crippen LogP contribution in [-0.2, 0) is 17.4 Å². The molecule has 31 heavy (non-hydrogen) atoms. The molecule has 1 N–H and O–H groups in total. The zero-order chi connectivity index (χ0) is 22.4. The van der Waals surface area contributed by atoms with Crippen molar-refractivity contribution in [1.82, 2.24) is 14.8 Å². The van der Waals surface area contributed by atoms with Gasteiger partial charge >= 0.3 is 6.18 Å². The standard InChI is InChI=1S/C21H21F3N4O2S/c1-3-14-7-5-6-8-17(14)28-13-25-27-20(28)31-12-19(29)26-16-11-15(21(22,23)24)9-10-18(16)30-4-2/h5-11,13H,3-4,12H2,1-2H3,(H,26,29). The van der Waals surface area contributed by atoms with E-state index in [0.29, 0.717) is 5.16 Å². The normalized spacial score (nSPS) is 11.4. The van der Waals surface area contributed by atoms with E-state index in [-0.39, 0.29) is 23.8 Å². The Labute approximate surface area is 181 Å². The largest absolute Gasteiger partial charge is 0.492 e. The molecule has 10 heteroatoms. The number of halogens is 3. The number of amides is 1. The summed E-state index contributed by atoms with van der Waals surface area (Å²) in [6.45, 7) is 4.00. The van der Waals surface area contributed by atoms with Crippen molar-refractivity contribution in [3.63, 3.8) is 0 Å². The van der Waals surface area contributed by atoms with Crippen LogP contribution in [0.4, 0.5) is 18.9 Å². The number of alkyl halides is 3. The quantitative estimate of drug-likeness (QED) is 0.491. The number of hydrogen-bond donors (Lipinski definition) is 1. The van der Waals surface area contributed by atoms with E-state index in [0.717, 1.165) is 41.6 Å². The molecule has 0 spiro atoms. The number of aromatic nitrogens is 3. The molecule has 0 aliphatic carbocycles. The third-order valence-corrected chi connectivity index (χ3v) is 5.30. The van der Waals surface area contributed by atoms with Gasteiger partial charge in [-0.25, -0.2) is 0 Å². The number of ether oxygens (including phenoxy) is 1. The minimum Gasteiger partial charge on any atom is -0.492 e. The maximum Gasteiger partial charge on any atom is 0.416 e. The van der Waals surface area contributed by atoms with Crippen LogP contribution in [0.25, 0.3) is 5.69 Å². The van der Waals surface area contributed by atoms with E-state index >= 15 is 0 Å². The number of nitrogens with zero attached hydrogens (tertiary/aromatic N) is 3. The molecule has 3 aromatic rings. The molecule has 0 saturated carbocycles. The van der Waals surface area contributed by atoms with Crippen molar-refractivity contribution in [2.45, 2.75) is 31.6 Å². The van der Waals surface area contributed by atoms with Crippen LogP contribution in [0.3, 0.4) is 0 Å². The Balaban J connectivity index is 1.74. The van der Waals surface area contributed by atoms with Crippen LogP contribution in [0.15, 0.2) is 53.9 Å². The van der Waals surface area contributed by atoms with Crippen LogP contribution in [0.1, 0.15) is 25.0 Å². The van der Waals surface area contributed by atoms with Gasteiger partial charge in [0, 0.05) is 0 Å². The number of carbonyl (C=O) groups excluding carboxylic acids is 1. The zero-order valence-electron chi connectivity index (χ0n) is 16.9. The summed E-state index contributed by atoms with van der Waals surface area (Å²) in [6.07, 6.45) is -2.15. The molecule has 0 bridgehead atoms. The second kappa shape index (κ2) is 9.86. The molecule has 0 radical (unpaired) electrons. The number of hydrogen-bond acceptors (Lipinski definition) is 5. The van der Waals surface area contributed by atoms with Crippen LogP contribution in [0.5, 0.6) is 5.75 Å². The Morgan fingerprint density at radius 1 is 1.19 bits per heavy atom. The van der Waals surface area contributed by atoms with E-state index in [1.165, 1.54) is 6.07 Å². The first-order valence-electron chi connectivity index (χ1n) is 9.58. The van der Waals surface area contributed by atoms with Crippen molar-refractivity contribution in [3.05, 3.63) is 59.9 Å². The summed E-state index contributed by atoms with van der Waals surface area (Å²) in [5.41, 5.74) is 1.11. The second-order valence-electron chi connectivity index (χ2n) is 6.44. The van der Waals surface area contributed by atoms with Gasteiger partial charge in [0.15, 0.2) is 5.16 Å². The molecule has 1 heterocycles. The summed E-state index contributed by atoms with van der Waals surface area (Å²) in [7, 11) is 0. The van der Waals surface area contributed by atoms with E-state index in [4.69, 9.17) is 4.74 Å². The molecule has 3 rings (SSSR count). The summed E-state index contributed by atoms with van der Waals surface area (Å²) in [6, 6.07) is 10.8. The fraction of sp³-hybridized carbons (Fsp3) is 0.286. The molecule has 0 aliphatic rings. The lowest BCUT2D eigenvalue weighted by atomic mass is 10.1. The number of benzene rings is 2. The van der Waals surface area contributed by atoms with Gasteiger partial charge in [-0.2, -0.15) is 13.2 Å². The van der Waals surface area contributed by atoms with Crippen molar-refractivity contribution in [2.24, 2.45) is 0 Å². The van der Waals surface area contributed by atoms with Crippen LogP contribution in [0.2, 0.25) is 0 Å². The summed E-state index contributed by atoms with van der Waals surface area (Å²) in [5, 5.41) is 11.0. The number of para-hydroxylation sites is 1. The van der Waals surface area contributed by atoms with Crippen molar-refractivity contribution in [2.75, 3.05) is 17.7 Å². The molecule has 2 aromatic carbocycles. The van der Waals surface area contributed by atoms with Gasteiger partial charge in [-0.3, -0.25) is 9.36 Å². The zero-order valence-corrected chi connectivity index (χ0v) is 17.8. The molecule has 164 valence electrons. The van der Waals surface area contributed by atoms with Gasteiger partial charge < -0.3 is 10.1 Å². The average Bonchev–Trinajstić information content (AvgIpc) is 3.21. The highest BCUT2D eigenvalue weighted by Crippen LogP contribution is 2.35. The molecular weight excluding hydrogens is 429 g/mol. The van der Waals surface area contributed by atoms with Gasteiger partial charge in [0.1, 0.15) is 12.1 Å². The minimum atomic E-state index is -4.53. The Morgan fingerprint density at radius 2 is 1.97 bits per heavy atom. The summed E-state index contributed by atoms with van der Waals surface area (Å²) in [4.78, 5) is 12.5. The second-order valence-corrected chi connectivity index (χ2v) is 7.39. The van der Waals surface area contributed by atoms with Crippen molar-refractivity contribution in [3.8, 4) is 11.4 Å². The van der Waals surface area contributed by atoms with Crippen LogP contribution < -0.4 is 10.1 Å². The molecule has 0 fully saturated rings. The fourth-order valence-electron chi connectivity index (χ4n) is 2.93. The molecule has 1 aromatic heterocycles. The van der Waals surface area contributed by atoms with Crippen LogP contribution >= 0.6 is 11.8 Å². The molecule has 6 nitrogen and oxygen atoms in total. The maximum atomic E-state index is 13.0. The summed E-state index contributed by atoms with van der Waals surface area (Å²) < 4.78 is 46.3. The van der Waals surface area contributed by atoms with Gasteiger partial charge in [-0.05, 0) is 43.2 Å². The first-order valence-corrected chi connectivity index (χ1v) is 10.6. The lowest BCUT2D eigenvalue weighted by molar-refractivity contribution is -0.137. The molecule has 0 saturated heterocycles. The number of anilines is 1. The third-order valence-electron chi connectivity index (χ3n) is 4.36. The first-order chi connectivity index (χ1) is 14.8. The lowest BCUT2D eigenvalue weighted by Gasteiger charge is -2.15. The predicted molar refractivity (Wildman–Crippen MR) is 113 cm³/mol. The highest BCUT2D eigenvalue weighted by molar-refractivity contribution is 7.99. The lowest BCUT2D eigenvalue weighted by Crippen LogP contribution is -2.16. The third kappa shape index (κ3) is 5.57. The monoisotopic (exact) mass is 450 g/mol. The number of thioether (sulfide) groups is 1. The highest BCUT2D eigenvalue weighted by atomic mass is 32.2. The maximum absolute atomic E-state index is 13.0. The van der Waals surface area contributed by atoms with Crippen LogP contribution in [-0.4, -0.2) is 33.0 Å². The van der Waals surface area contributed by atoms with Crippen molar-refractivity contribution >= 4 is 23.4 Å². The van der Waals surface area contributed by atoms with Gasteiger partial charge in [-0.15, -0.1) is 10.2 Å². The van der Waals surface area contributed by atoms with Crippen molar-refractivity contribution in [1.29, 1.82) is 0 Å². The Kier molecular flexibility index (Phi) is 7.21. The molecular formula is C21H21F3N4O2S. The number of nitrogens with one attached hydrogen (secondary N) is 1. The molecule has 0 unspecified atom stereocenters. The predicted octanol–water partition coefficient (Wildman–Crippen LogP) is 4.98. The number of carbonyl (C=O) groups is 1. The smallest absolute Gasteiger partial charge is 0.416 e. The Morgan fingerprint density at radius 3 is 2.68 bits per heavy atom. The molecule has 1 amide bonds. The van der Waals surface area contributed by atoms with E-state index in [2.05, 4.69) is 15.5 Å².